The lowest BCUT2D eigenvalue weighted by Crippen LogP contribution is -2.52. The van der Waals surface area contributed by atoms with E-state index in [0.29, 0.717) is 42.3 Å². The van der Waals surface area contributed by atoms with E-state index in [1.54, 1.807) is 40.1 Å². The largest absolute Gasteiger partial charge is 0.472 e. The van der Waals surface area contributed by atoms with E-state index in [-0.39, 0.29) is 24.3 Å². The van der Waals surface area contributed by atoms with Crippen LogP contribution in [0.2, 0.25) is 5.02 Å². The maximum Gasteiger partial charge on any atom is 0.257 e. The molecule has 0 radical (unpaired) electrons. The molecule has 0 aliphatic carbocycles. The Morgan fingerprint density at radius 1 is 1.04 bits per heavy atom. The SMILES string of the molecule is O=C(NCC(=O)N1CCN(C(=O)c2ccoc2)CC1)c1cccc(Cl)c1. The van der Waals surface area contributed by atoms with Gasteiger partial charge in [-0.15, -0.1) is 0 Å². The fourth-order valence-corrected chi connectivity index (χ4v) is 2.92. The number of nitrogens with one attached hydrogen (secondary N) is 1. The summed E-state index contributed by atoms with van der Waals surface area (Å²) in [6.07, 6.45) is 2.86. The molecule has 0 unspecified atom stereocenters. The molecule has 1 saturated heterocycles. The molecular weight excluding hydrogens is 358 g/mol. The Kier molecular flexibility index (Phi) is 5.58. The first-order valence-electron chi connectivity index (χ1n) is 8.17. The molecule has 3 rings (SSSR count). The zero-order chi connectivity index (χ0) is 18.5. The van der Waals surface area contributed by atoms with Gasteiger partial charge in [0.25, 0.3) is 11.8 Å². The summed E-state index contributed by atoms with van der Waals surface area (Å²) in [4.78, 5) is 39.9. The van der Waals surface area contributed by atoms with E-state index in [2.05, 4.69) is 5.32 Å². The second kappa shape index (κ2) is 8.05. The van der Waals surface area contributed by atoms with Gasteiger partial charge in [0, 0.05) is 36.8 Å². The number of furan rings is 1. The summed E-state index contributed by atoms with van der Waals surface area (Å²) in [5.41, 5.74) is 0.902. The van der Waals surface area contributed by atoms with Crippen LogP contribution in [0.4, 0.5) is 0 Å². The van der Waals surface area contributed by atoms with E-state index >= 15 is 0 Å². The van der Waals surface area contributed by atoms with Crippen molar-refractivity contribution in [2.45, 2.75) is 0 Å². The lowest BCUT2D eigenvalue weighted by molar-refractivity contribution is -0.131. The Bertz CT molecular complexity index is 799. The average molecular weight is 376 g/mol. The Morgan fingerprint density at radius 2 is 1.77 bits per heavy atom. The number of carbonyl (C=O) groups excluding carboxylic acids is 3. The van der Waals surface area contributed by atoms with Gasteiger partial charge in [0.05, 0.1) is 18.4 Å². The lowest BCUT2D eigenvalue weighted by Gasteiger charge is -2.34. The number of amides is 3. The van der Waals surface area contributed by atoms with Crippen molar-refractivity contribution in [1.29, 1.82) is 0 Å². The molecule has 1 aromatic carbocycles. The van der Waals surface area contributed by atoms with Gasteiger partial charge in [-0.05, 0) is 24.3 Å². The van der Waals surface area contributed by atoms with Crippen molar-refractivity contribution >= 4 is 29.3 Å². The third kappa shape index (κ3) is 4.23. The van der Waals surface area contributed by atoms with E-state index in [4.69, 9.17) is 16.0 Å². The van der Waals surface area contributed by atoms with Gasteiger partial charge in [0.2, 0.25) is 5.91 Å². The molecule has 1 aromatic heterocycles. The number of halogens is 1. The molecule has 8 heteroatoms. The predicted octanol–water partition coefficient (Wildman–Crippen LogP) is 1.65. The minimum absolute atomic E-state index is 0.0962. The number of hydrogen-bond donors (Lipinski definition) is 1. The van der Waals surface area contributed by atoms with Crippen LogP contribution >= 0.6 is 11.6 Å². The summed E-state index contributed by atoms with van der Waals surface area (Å²) in [6, 6.07) is 8.14. The van der Waals surface area contributed by atoms with Crippen molar-refractivity contribution in [3.8, 4) is 0 Å². The first kappa shape index (κ1) is 18.0. The van der Waals surface area contributed by atoms with Crippen LogP contribution in [0.1, 0.15) is 20.7 Å². The molecule has 2 aromatic rings. The van der Waals surface area contributed by atoms with Crippen LogP contribution in [0, 0.1) is 0 Å². The van der Waals surface area contributed by atoms with E-state index in [0.717, 1.165) is 0 Å². The monoisotopic (exact) mass is 375 g/mol. The van der Waals surface area contributed by atoms with Gasteiger partial charge in [-0.25, -0.2) is 0 Å². The Hall–Kier alpha value is -2.80. The van der Waals surface area contributed by atoms with E-state index in [9.17, 15) is 14.4 Å². The number of rotatable bonds is 4. The van der Waals surface area contributed by atoms with E-state index < -0.39 is 0 Å². The van der Waals surface area contributed by atoms with Crippen molar-refractivity contribution in [3.05, 3.63) is 59.0 Å². The number of carbonyl (C=O) groups is 3. The fourth-order valence-electron chi connectivity index (χ4n) is 2.73. The van der Waals surface area contributed by atoms with Gasteiger partial charge in [0.15, 0.2) is 0 Å². The topological polar surface area (TPSA) is 82.9 Å². The highest BCUT2D eigenvalue weighted by Gasteiger charge is 2.25. The molecule has 7 nitrogen and oxygen atoms in total. The fraction of sp³-hybridized carbons (Fsp3) is 0.278. The van der Waals surface area contributed by atoms with Gasteiger partial charge in [-0.1, -0.05) is 17.7 Å². The normalized spacial score (nSPS) is 14.2. The molecule has 0 saturated carbocycles. The first-order chi connectivity index (χ1) is 12.5. The van der Waals surface area contributed by atoms with Crippen molar-refractivity contribution in [2.24, 2.45) is 0 Å². The van der Waals surface area contributed by atoms with E-state index in [1.165, 1.54) is 12.5 Å². The predicted molar refractivity (Wildman–Crippen MR) is 95.0 cm³/mol. The summed E-state index contributed by atoms with van der Waals surface area (Å²) >= 11 is 5.86. The average Bonchev–Trinajstić information content (AvgIpc) is 3.20. The zero-order valence-corrected chi connectivity index (χ0v) is 14.7. The highest BCUT2D eigenvalue weighted by atomic mass is 35.5. The van der Waals surface area contributed by atoms with Gasteiger partial charge >= 0.3 is 0 Å². The molecule has 1 aliphatic rings. The summed E-state index contributed by atoms with van der Waals surface area (Å²) in [5, 5.41) is 3.06. The highest BCUT2D eigenvalue weighted by Crippen LogP contribution is 2.11. The molecule has 3 amide bonds. The van der Waals surface area contributed by atoms with Crippen LogP contribution in [0.25, 0.3) is 0 Å². The number of piperazine rings is 1. The van der Waals surface area contributed by atoms with Gasteiger partial charge in [-0.3, -0.25) is 14.4 Å². The quantitative estimate of drug-likeness (QED) is 0.880. The van der Waals surface area contributed by atoms with Crippen LogP contribution in [-0.2, 0) is 4.79 Å². The lowest BCUT2D eigenvalue weighted by atomic mass is 10.2. The van der Waals surface area contributed by atoms with E-state index in [1.807, 2.05) is 0 Å². The minimum Gasteiger partial charge on any atom is -0.472 e. The van der Waals surface area contributed by atoms with Crippen molar-refractivity contribution in [2.75, 3.05) is 32.7 Å². The maximum atomic E-state index is 12.3. The van der Waals surface area contributed by atoms with Gasteiger partial charge < -0.3 is 19.5 Å². The maximum absolute atomic E-state index is 12.3. The summed E-state index contributed by atoms with van der Waals surface area (Å²) < 4.78 is 4.92. The van der Waals surface area contributed by atoms with Crippen LogP contribution < -0.4 is 5.32 Å². The molecule has 0 atom stereocenters. The molecule has 1 fully saturated rings. The molecule has 136 valence electrons. The standard InChI is InChI=1S/C18H18ClN3O4/c19-15-3-1-2-13(10-15)17(24)20-11-16(23)21-5-7-22(8-6-21)18(25)14-4-9-26-12-14/h1-4,9-10,12H,5-8,11H2,(H,20,24). The van der Waals surface area contributed by atoms with Crippen LogP contribution in [0.15, 0.2) is 47.3 Å². The number of nitrogens with zero attached hydrogens (tertiary/aromatic N) is 2. The van der Waals surface area contributed by atoms with Crippen molar-refractivity contribution in [1.82, 2.24) is 15.1 Å². The van der Waals surface area contributed by atoms with Gasteiger partial charge in [0.1, 0.15) is 6.26 Å². The third-order valence-corrected chi connectivity index (χ3v) is 4.41. The summed E-state index contributed by atoms with van der Waals surface area (Å²) in [7, 11) is 0. The minimum atomic E-state index is -0.352. The van der Waals surface area contributed by atoms with Crippen molar-refractivity contribution in [3.63, 3.8) is 0 Å². The van der Waals surface area contributed by atoms with Crippen LogP contribution in [-0.4, -0.2) is 60.2 Å². The van der Waals surface area contributed by atoms with Crippen LogP contribution in [0.3, 0.4) is 0 Å². The smallest absolute Gasteiger partial charge is 0.257 e. The molecule has 1 aliphatic heterocycles. The highest BCUT2D eigenvalue weighted by molar-refractivity contribution is 6.31. The Labute approximate surface area is 155 Å². The number of hydrogen-bond acceptors (Lipinski definition) is 4. The number of benzene rings is 1. The Morgan fingerprint density at radius 3 is 2.42 bits per heavy atom. The summed E-state index contributed by atoms with van der Waals surface area (Å²) in [5.74, 6) is -0.648. The van der Waals surface area contributed by atoms with Crippen molar-refractivity contribution < 1.29 is 18.8 Å². The Balaban J connectivity index is 1.46. The molecule has 1 N–H and O–H groups in total. The molecule has 26 heavy (non-hydrogen) atoms. The molecular formula is C18H18ClN3O4. The molecule has 0 spiro atoms. The molecule has 0 bridgehead atoms. The zero-order valence-electron chi connectivity index (χ0n) is 14.0. The third-order valence-electron chi connectivity index (χ3n) is 4.17. The van der Waals surface area contributed by atoms with Crippen LogP contribution in [0.5, 0.6) is 0 Å². The second-order valence-corrected chi connectivity index (χ2v) is 6.31. The first-order valence-corrected chi connectivity index (χ1v) is 8.55. The second-order valence-electron chi connectivity index (χ2n) is 5.88. The van der Waals surface area contributed by atoms with Gasteiger partial charge in [-0.2, -0.15) is 0 Å². The summed E-state index contributed by atoms with van der Waals surface area (Å²) in [6.45, 7) is 1.64. The molecule has 2 heterocycles.